The summed E-state index contributed by atoms with van der Waals surface area (Å²) < 4.78 is 5.46. The minimum atomic E-state index is -0.204. The first-order chi connectivity index (χ1) is 11.9. The SMILES string of the molecule is CC(C)c1cc(C(=O)N2CCC(C)(N3CCOCC3)CC2)cc(=O)[nH]1. The summed E-state index contributed by atoms with van der Waals surface area (Å²) in [4.78, 5) is 31.9. The Kier molecular flexibility index (Phi) is 5.29. The van der Waals surface area contributed by atoms with E-state index in [2.05, 4.69) is 16.8 Å². The van der Waals surface area contributed by atoms with Crippen LogP contribution in [-0.2, 0) is 4.74 Å². The van der Waals surface area contributed by atoms with Gasteiger partial charge in [-0.3, -0.25) is 14.5 Å². The number of carbonyl (C=O) groups is 1. The van der Waals surface area contributed by atoms with E-state index in [4.69, 9.17) is 4.74 Å². The maximum absolute atomic E-state index is 12.9. The van der Waals surface area contributed by atoms with Crippen molar-refractivity contribution in [2.24, 2.45) is 0 Å². The van der Waals surface area contributed by atoms with Crippen LogP contribution in [-0.4, -0.2) is 65.6 Å². The molecule has 0 aliphatic carbocycles. The Labute approximate surface area is 149 Å². The minimum absolute atomic E-state index is 0.0305. The van der Waals surface area contributed by atoms with Gasteiger partial charge in [0.05, 0.1) is 13.2 Å². The van der Waals surface area contributed by atoms with E-state index in [9.17, 15) is 9.59 Å². The van der Waals surface area contributed by atoms with Crippen molar-refractivity contribution in [1.29, 1.82) is 0 Å². The number of carbonyl (C=O) groups excluding carboxylic acids is 1. The number of rotatable bonds is 3. The van der Waals surface area contributed by atoms with Gasteiger partial charge >= 0.3 is 0 Å². The number of aromatic nitrogens is 1. The lowest BCUT2D eigenvalue weighted by atomic mass is 9.87. The molecular weight excluding hydrogens is 318 g/mol. The molecule has 3 heterocycles. The average molecular weight is 347 g/mol. The van der Waals surface area contributed by atoms with E-state index in [-0.39, 0.29) is 22.9 Å². The van der Waals surface area contributed by atoms with Crippen LogP contribution >= 0.6 is 0 Å². The van der Waals surface area contributed by atoms with Gasteiger partial charge in [0.15, 0.2) is 0 Å². The molecule has 1 N–H and O–H groups in total. The molecule has 0 radical (unpaired) electrons. The molecular formula is C19H29N3O3. The molecule has 2 saturated heterocycles. The normalized spacial score (nSPS) is 21.5. The van der Waals surface area contributed by atoms with E-state index in [0.29, 0.717) is 5.56 Å². The van der Waals surface area contributed by atoms with Gasteiger partial charge in [0.2, 0.25) is 5.56 Å². The predicted molar refractivity (Wildman–Crippen MR) is 97.1 cm³/mol. The van der Waals surface area contributed by atoms with Crippen LogP contribution in [0, 0.1) is 0 Å². The van der Waals surface area contributed by atoms with Gasteiger partial charge in [-0.2, -0.15) is 0 Å². The summed E-state index contributed by atoms with van der Waals surface area (Å²) in [5.74, 6) is 0.156. The molecule has 0 aromatic carbocycles. The number of morpholine rings is 1. The zero-order chi connectivity index (χ0) is 18.0. The molecule has 6 heteroatoms. The smallest absolute Gasteiger partial charge is 0.254 e. The van der Waals surface area contributed by atoms with Crippen LogP contribution in [0.5, 0.6) is 0 Å². The summed E-state index contributed by atoms with van der Waals surface area (Å²) in [6.07, 6.45) is 1.91. The molecule has 2 aliphatic heterocycles. The van der Waals surface area contributed by atoms with Gasteiger partial charge in [-0.1, -0.05) is 13.8 Å². The lowest BCUT2D eigenvalue weighted by Crippen LogP contribution is -2.57. The average Bonchev–Trinajstić information content (AvgIpc) is 2.62. The van der Waals surface area contributed by atoms with Crippen LogP contribution in [0.15, 0.2) is 16.9 Å². The monoisotopic (exact) mass is 347 g/mol. The van der Waals surface area contributed by atoms with Crippen molar-refractivity contribution >= 4 is 5.91 Å². The Morgan fingerprint density at radius 3 is 2.40 bits per heavy atom. The molecule has 1 aromatic heterocycles. The highest BCUT2D eigenvalue weighted by atomic mass is 16.5. The molecule has 138 valence electrons. The van der Waals surface area contributed by atoms with Gasteiger partial charge in [-0.25, -0.2) is 0 Å². The fourth-order valence-electron chi connectivity index (χ4n) is 3.79. The number of pyridine rings is 1. The van der Waals surface area contributed by atoms with Crippen LogP contribution in [0.25, 0.3) is 0 Å². The van der Waals surface area contributed by atoms with Gasteiger partial charge in [-0.05, 0) is 31.7 Å². The molecule has 2 fully saturated rings. The summed E-state index contributed by atoms with van der Waals surface area (Å²) in [5.41, 5.74) is 1.25. The number of hydrogen-bond acceptors (Lipinski definition) is 4. The van der Waals surface area contributed by atoms with Gasteiger partial charge in [0.25, 0.3) is 5.91 Å². The van der Waals surface area contributed by atoms with Crippen molar-refractivity contribution in [3.63, 3.8) is 0 Å². The van der Waals surface area contributed by atoms with Crippen molar-refractivity contribution in [3.8, 4) is 0 Å². The first-order valence-electron chi connectivity index (χ1n) is 9.25. The summed E-state index contributed by atoms with van der Waals surface area (Å²) >= 11 is 0. The van der Waals surface area contributed by atoms with Crippen molar-refractivity contribution in [2.75, 3.05) is 39.4 Å². The minimum Gasteiger partial charge on any atom is -0.379 e. The number of aromatic amines is 1. The van der Waals surface area contributed by atoms with Crippen molar-refractivity contribution in [2.45, 2.75) is 45.1 Å². The fraction of sp³-hybridized carbons (Fsp3) is 0.684. The molecule has 6 nitrogen and oxygen atoms in total. The maximum Gasteiger partial charge on any atom is 0.254 e. The second kappa shape index (κ2) is 7.30. The zero-order valence-electron chi connectivity index (χ0n) is 15.5. The Morgan fingerprint density at radius 1 is 1.16 bits per heavy atom. The van der Waals surface area contributed by atoms with Crippen LogP contribution in [0.4, 0.5) is 0 Å². The zero-order valence-corrected chi connectivity index (χ0v) is 15.5. The van der Waals surface area contributed by atoms with E-state index in [1.54, 1.807) is 0 Å². The molecule has 0 saturated carbocycles. The Morgan fingerprint density at radius 2 is 1.80 bits per heavy atom. The van der Waals surface area contributed by atoms with Crippen LogP contribution in [0.1, 0.15) is 55.6 Å². The molecule has 1 aromatic rings. The second-order valence-corrected chi connectivity index (χ2v) is 7.73. The van der Waals surface area contributed by atoms with E-state index in [0.717, 1.165) is 57.9 Å². The largest absolute Gasteiger partial charge is 0.379 e. The fourth-order valence-corrected chi connectivity index (χ4v) is 3.79. The number of nitrogens with one attached hydrogen (secondary N) is 1. The molecule has 3 rings (SSSR count). The topological polar surface area (TPSA) is 65.6 Å². The quantitative estimate of drug-likeness (QED) is 0.906. The second-order valence-electron chi connectivity index (χ2n) is 7.73. The molecule has 0 bridgehead atoms. The van der Waals surface area contributed by atoms with E-state index < -0.39 is 0 Å². The molecule has 0 spiro atoms. The number of likely N-dealkylation sites (tertiary alicyclic amines) is 1. The lowest BCUT2D eigenvalue weighted by molar-refractivity contribution is -0.0372. The highest BCUT2D eigenvalue weighted by Gasteiger charge is 2.37. The van der Waals surface area contributed by atoms with Crippen molar-refractivity contribution in [1.82, 2.24) is 14.8 Å². The highest BCUT2D eigenvalue weighted by Crippen LogP contribution is 2.30. The summed E-state index contributed by atoms with van der Waals surface area (Å²) in [7, 11) is 0. The van der Waals surface area contributed by atoms with Crippen LogP contribution in [0.3, 0.4) is 0 Å². The Hall–Kier alpha value is -1.66. The van der Waals surface area contributed by atoms with Crippen LogP contribution in [0.2, 0.25) is 0 Å². The number of ether oxygens (including phenoxy) is 1. The highest BCUT2D eigenvalue weighted by molar-refractivity contribution is 5.94. The van der Waals surface area contributed by atoms with Gasteiger partial charge in [0, 0.05) is 49.0 Å². The number of piperidine rings is 1. The number of nitrogens with zero attached hydrogens (tertiary/aromatic N) is 2. The Balaban J connectivity index is 1.68. The first kappa shape index (κ1) is 18.1. The molecule has 1 amide bonds. The third-order valence-electron chi connectivity index (χ3n) is 5.64. The summed E-state index contributed by atoms with van der Waals surface area (Å²) in [6.45, 7) is 11.3. The standard InChI is InChI=1S/C19H29N3O3/c1-14(2)16-12-15(13-17(23)20-16)18(24)21-6-4-19(3,5-7-21)22-8-10-25-11-9-22/h12-14H,4-11H2,1-3H3,(H,20,23). The number of H-pyrrole nitrogens is 1. The predicted octanol–water partition coefficient (Wildman–Crippen LogP) is 1.83. The molecule has 25 heavy (non-hydrogen) atoms. The number of amides is 1. The third-order valence-corrected chi connectivity index (χ3v) is 5.64. The maximum atomic E-state index is 12.9. The first-order valence-corrected chi connectivity index (χ1v) is 9.25. The lowest BCUT2D eigenvalue weighted by Gasteiger charge is -2.48. The molecule has 0 unspecified atom stereocenters. The number of hydrogen-bond donors (Lipinski definition) is 1. The summed E-state index contributed by atoms with van der Waals surface area (Å²) in [5, 5.41) is 0. The van der Waals surface area contributed by atoms with Crippen molar-refractivity contribution in [3.05, 3.63) is 33.7 Å². The van der Waals surface area contributed by atoms with Crippen LogP contribution < -0.4 is 5.56 Å². The third kappa shape index (κ3) is 3.96. The Bertz CT molecular complexity index is 669. The van der Waals surface area contributed by atoms with Gasteiger partial charge < -0.3 is 14.6 Å². The summed E-state index contributed by atoms with van der Waals surface area (Å²) in [6, 6.07) is 3.24. The van der Waals surface area contributed by atoms with E-state index >= 15 is 0 Å². The van der Waals surface area contributed by atoms with Gasteiger partial charge in [0.1, 0.15) is 0 Å². The van der Waals surface area contributed by atoms with E-state index in [1.165, 1.54) is 6.07 Å². The molecule has 0 atom stereocenters. The van der Waals surface area contributed by atoms with Gasteiger partial charge in [-0.15, -0.1) is 0 Å². The molecule has 2 aliphatic rings. The van der Waals surface area contributed by atoms with Crippen molar-refractivity contribution < 1.29 is 9.53 Å². The van der Waals surface area contributed by atoms with E-state index in [1.807, 2.05) is 24.8 Å².